The van der Waals surface area contributed by atoms with Crippen LogP contribution in [0, 0.1) is 0 Å². The van der Waals surface area contributed by atoms with Crippen molar-refractivity contribution in [2.24, 2.45) is 0 Å². The Kier molecular flexibility index (Phi) is 1.72. The van der Waals surface area contributed by atoms with Gasteiger partial charge in [0.15, 0.2) is 0 Å². The highest BCUT2D eigenvalue weighted by molar-refractivity contribution is 5.08. The van der Waals surface area contributed by atoms with Crippen LogP contribution in [0.3, 0.4) is 0 Å². The highest BCUT2D eigenvalue weighted by Crippen LogP contribution is 2.23. The van der Waals surface area contributed by atoms with E-state index in [4.69, 9.17) is 5.11 Å². The van der Waals surface area contributed by atoms with Crippen molar-refractivity contribution in [3.05, 3.63) is 18.1 Å². The molecule has 0 saturated heterocycles. The van der Waals surface area contributed by atoms with Gasteiger partial charge < -0.3 is 5.11 Å². The van der Waals surface area contributed by atoms with Crippen LogP contribution in [0.5, 0.6) is 5.88 Å². The van der Waals surface area contributed by atoms with Crippen molar-refractivity contribution in [3.63, 3.8) is 0 Å². The SMILES string of the molecule is CC(F)(F)c1nccc(O)n1. The van der Waals surface area contributed by atoms with Crippen LogP contribution in [0.2, 0.25) is 0 Å². The van der Waals surface area contributed by atoms with E-state index in [2.05, 4.69) is 9.97 Å². The minimum Gasteiger partial charge on any atom is -0.493 e. The molecule has 5 heteroatoms. The molecule has 0 amide bonds. The van der Waals surface area contributed by atoms with Crippen LogP contribution < -0.4 is 0 Å². The van der Waals surface area contributed by atoms with Gasteiger partial charge in [0.1, 0.15) is 0 Å². The zero-order valence-corrected chi connectivity index (χ0v) is 5.75. The lowest BCUT2D eigenvalue weighted by Crippen LogP contribution is -2.11. The number of nitrogens with zero attached hydrogens (tertiary/aromatic N) is 2. The third-order valence-electron chi connectivity index (χ3n) is 1.03. The van der Waals surface area contributed by atoms with Crippen LogP contribution in [0.4, 0.5) is 8.78 Å². The predicted octanol–water partition coefficient (Wildman–Crippen LogP) is 1.29. The van der Waals surface area contributed by atoms with E-state index < -0.39 is 17.6 Å². The van der Waals surface area contributed by atoms with Gasteiger partial charge in [-0.25, -0.2) is 4.98 Å². The molecule has 1 aromatic rings. The van der Waals surface area contributed by atoms with E-state index in [9.17, 15) is 8.78 Å². The van der Waals surface area contributed by atoms with Gasteiger partial charge in [-0.2, -0.15) is 13.8 Å². The molecule has 0 atom stereocenters. The summed E-state index contributed by atoms with van der Waals surface area (Å²) in [7, 11) is 0. The fourth-order valence-corrected chi connectivity index (χ4v) is 0.561. The summed E-state index contributed by atoms with van der Waals surface area (Å²) in [6, 6.07) is 1.13. The normalized spacial score (nSPS) is 11.5. The summed E-state index contributed by atoms with van der Waals surface area (Å²) in [5, 5.41) is 8.69. The number of aromatic hydroxyl groups is 1. The standard InChI is InChI=1S/C6H6F2N2O/c1-6(7,8)5-9-3-2-4(11)10-5/h2-3H,1H3,(H,9,10,11). The van der Waals surface area contributed by atoms with E-state index in [-0.39, 0.29) is 0 Å². The Morgan fingerprint density at radius 3 is 2.55 bits per heavy atom. The Bertz CT molecular complexity index is 259. The van der Waals surface area contributed by atoms with Crippen LogP contribution in [-0.2, 0) is 5.92 Å². The Morgan fingerprint density at radius 1 is 1.55 bits per heavy atom. The maximum Gasteiger partial charge on any atom is 0.303 e. The molecule has 11 heavy (non-hydrogen) atoms. The molecule has 0 spiro atoms. The molecule has 3 nitrogen and oxygen atoms in total. The molecule has 1 N–H and O–H groups in total. The highest BCUT2D eigenvalue weighted by atomic mass is 19.3. The molecular formula is C6H6F2N2O. The van der Waals surface area contributed by atoms with Crippen molar-refractivity contribution in [2.45, 2.75) is 12.8 Å². The molecule has 0 radical (unpaired) electrons. The van der Waals surface area contributed by atoms with Crippen LogP contribution in [-0.4, -0.2) is 15.1 Å². The number of aromatic nitrogens is 2. The molecule has 1 heterocycles. The lowest BCUT2D eigenvalue weighted by atomic mass is 10.3. The first-order valence-corrected chi connectivity index (χ1v) is 2.90. The second-order valence-electron chi connectivity index (χ2n) is 2.13. The van der Waals surface area contributed by atoms with Gasteiger partial charge in [-0.3, -0.25) is 0 Å². The summed E-state index contributed by atoms with van der Waals surface area (Å²) in [5.74, 6) is -4.22. The molecule has 0 unspecified atom stereocenters. The fourth-order valence-electron chi connectivity index (χ4n) is 0.561. The number of hydrogen-bond acceptors (Lipinski definition) is 3. The van der Waals surface area contributed by atoms with E-state index in [1.54, 1.807) is 0 Å². The van der Waals surface area contributed by atoms with Crippen molar-refractivity contribution in [1.29, 1.82) is 0 Å². The average Bonchev–Trinajstić information content (AvgIpc) is 1.86. The van der Waals surface area contributed by atoms with Crippen LogP contribution >= 0.6 is 0 Å². The number of rotatable bonds is 1. The molecule has 0 fully saturated rings. The van der Waals surface area contributed by atoms with Crippen molar-refractivity contribution in [3.8, 4) is 5.88 Å². The van der Waals surface area contributed by atoms with Crippen LogP contribution in [0.15, 0.2) is 12.3 Å². The van der Waals surface area contributed by atoms with Gasteiger partial charge in [0, 0.05) is 19.2 Å². The van der Waals surface area contributed by atoms with Crippen molar-refractivity contribution >= 4 is 0 Å². The molecule has 60 valence electrons. The largest absolute Gasteiger partial charge is 0.493 e. The topological polar surface area (TPSA) is 46.0 Å². The lowest BCUT2D eigenvalue weighted by molar-refractivity contribution is 0.00708. The Labute approximate surface area is 61.7 Å². The van der Waals surface area contributed by atoms with Gasteiger partial charge in [-0.05, 0) is 0 Å². The molecule has 0 aliphatic rings. The molecule has 1 aromatic heterocycles. The van der Waals surface area contributed by atoms with Crippen molar-refractivity contribution in [1.82, 2.24) is 9.97 Å². The smallest absolute Gasteiger partial charge is 0.303 e. The third kappa shape index (κ3) is 1.83. The molecular weight excluding hydrogens is 154 g/mol. The summed E-state index contributed by atoms with van der Waals surface area (Å²) in [6.45, 7) is 0.668. The number of hydrogen-bond donors (Lipinski definition) is 1. The zero-order valence-electron chi connectivity index (χ0n) is 5.75. The third-order valence-corrected chi connectivity index (χ3v) is 1.03. The summed E-state index contributed by atoms with van der Waals surface area (Å²) in [5.41, 5.74) is 0. The second kappa shape index (κ2) is 2.41. The van der Waals surface area contributed by atoms with Gasteiger partial charge in [0.2, 0.25) is 11.7 Å². The molecule has 1 rings (SSSR count). The van der Waals surface area contributed by atoms with Gasteiger partial charge in [0.25, 0.3) is 0 Å². The number of halogens is 2. The molecule has 0 aliphatic carbocycles. The Morgan fingerprint density at radius 2 is 2.18 bits per heavy atom. The summed E-state index contributed by atoms with van der Waals surface area (Å²) < 4.78 is 24.8. The lowest BCUT2D eigenvalue weighted by Gasteiger charge is -2.06. The second-order valence-corrected chi connectivity index (χ2v) is 2.13. The maximum absolute atomic E-state index is 12.4. The molecule has 0 saturated carbocycles. The van der Waals surface area contributed by atoms with Crippen molar-refractivity contribution < 1.29 is 13.9 Å². The first-order valence-electron chi connectivity index (χ1n) is 2.90. The van der Waals surface area contributed by atoms with E-state index in [1.165, 1.54) is 0 Å². The molecule has 0 bridgehead atoms. The summed E-state index contributed by atoms with van der Waals surface area (Å²) >= 11 is 0. The summed E-state index contributed by atoms with van der Waals surface area (Å²) in [4.78, 5) is 6.43. The number of alkyl halides is 2. The maximum atomic E-state index is 12.4. The highest BCUT2D eigenvalue weighted by Gasteiger charge is 2.28. The minimum absolute atomic E-state index is 0.448. The van der Waals surface area contributed by atoms with E-state index in [0.717, 1.165) is 12.3 Å². The van der Waals surface area contributed by atoms with E-state index >= 15 is 0 Å². The van der Waals surface area contributed by atoms with Gasteiger partial charge >= 0.3 is 5.92 Å². The van der Waals surface area contributed by atoms with Gasteiger partial charge in [-0.15, -0.1) is 0 Å². The Balaban J connectivity index is 3.06. The van der Waals surface area contributed by atoms with Gasteiger partial charge in [0.05, 0.1) is 0 Å². The fraction of sp³-hybridized carbons (Fsp3) is 0.333. The predicted molar refractivity (Wildman–Crippen MR) is 33.3 cm³/mol. The quantitative estimate of drug-likeness (QED) is 0.673. The van der Waals surface area contributed by atoms with Gasteiger partial charge in [-0.1, -0.05) is 0 Å². The van der Waals surface area contributed by atoms with E-state index in [1.807, 2.05) is 0 Å². The van der Waals surface area contributed by atoms with Crippen LogP contribution in [0.25, 0.3) is 0 Å². The zero-order chi connectivity index (χ0) is 8.48. The monoisotopic (exact) mass is 160 g/mol. The Hall–Kier alpha value is -1.26. The van der Waals surface area contributed by atoms with E-state index in [0.29, 0.717) is 6.92 Å². The first-order chi connectivity index (χ1) is 5.00. The first kappa shape index (κ1) is 7.84. The molecule has 0 aromatic carbocycles. The van der Waals surface area contributed by atoms with Crippen LogP contribution in [0.1, 0.15) is 12.7 Å². The van der Waals surface area contributed by atoms with Crippen molar-refractivity contribution in [2.75, 3.05) is 0 Å². The minimum atomic E-state index is -3.10. The summed E-state index contributed by atoms with van der Waals surface area (Å²) in [6.07, 6.45) is 1.08. The molecule has 0 aliphatic heterocycles. The average molecular weight is 160 g/mol.